The summed E-state index contributed by atoms with van der Waals surface area (Å²) in [5.74, 6) is -2.05. The van der Waals surface area contributed by atoms with Crippen LogP contribution in [0.5, 0.6) is 5.75 Å². The SMILES string of the molecule is COc1ccc(CC(=O)OCC(=O)NC(=O)Nc2ccc(C)c(C)c2)cc1F. The Morgan fingerprint density at radius 2 is 1.79 bits per heavy atom. The highest BCUT2D eigenvalue weighted by Gasteiger charge is 2.13. The van der Waals surface area contributed by atoms with Crippen LogP contribution in [-0.2, 0) is 20.7 Å². The van der Waals surface area contributed by atoms with E-state index in [0.717, 1.165) is 17.2 Å². The van der Waals surface area contributed by atoms with Crippen LogP contribution >= 0.6 is 0 Å². The van der Waals surface area contributed by atoms with Crippen molar-refractivity contribution in [1.82, 2.24) is 5.32 Å². The molecule has 0 aliphatic carbocycles. The van der Waals surface area contributed by atoms with Crippen molar-refractivity contribution >= 4 is 23.6 Å². The van der Waals surface area contributed by atoms with E-state index in [1.54, 1.807) is 12.1 Å². The molecule has 0 radical (unpaired) electrons. The molecule has 0 atom stereocenters. The van der Waals surface area contributed by atoms with E-state index >= 15 is 0 Å². The van der Waals surface area contributed by atoms with Crippen molar-refractivity contribution in [3.8, 4) is 5.75 Å². The van der Waals surface area contributed by atoms with E-state index in [-0.39, 0.29) is 12.2 Å². The van der Waals surface area contributed by atoms with Gasteiger partial charge in [-0.2, -0.15) is 0 Å². The van der Waals surface area contributed by atoms with Gasteiger partial charge in [-0.25, -0.2) is 9.18 Å². The molecule has 2 rings (SSSR count). The smallest absolute Gasteiger partial charge is 0.325 e. The molecule has 0 aliphatic rings. The van der Waals surface area contributed by atoms with E-state index < -0.39 is 30.3 Å². The van der Waals surface area contributed by atoms with Gasteiger partial charge in [-0.05, 0) is 54.8 Å². The predicted octanol–water partition coefficient (Wildman–Crippen LogP) is 2.89. The summed E-state index contributed by atoms with van der Waals surface area (Å²) in [7, 11) is 1.33. The summed E-state index contributed by atoms with van der Waals surface area (Å²) < 4.78 is 23.2. The number of aryl methyl sites for hydroxylation is 2. The second-order valence-electron chi connectivity index (χ2n) is 6.11. The van der Waals surface area contributed by atoms with E-state index in [9.17, 15) is 18.8 Å². The number of imide groups is 1. The molecule has 0 aromatic heterocycles. The Bertz CT molecular complexity index is 898. The minimum Gasteiger partial charge on any atom is -0.494 e. The highest BCUT2D eigenvalue weighted by molar-refractivity contribution is 6.01. The van der Waals surface area contributed by atoms with E-state index in [1.165, 1.54) is 19.2 Å². The number of esters is 1. The van der Waals surface area contributed by atoms with Gasteiger partial charge in [0.1, 0.15) is 0 Å². The van der Waals surface area contributed by atoms with Crippen molar-refractivity contribution in [2.45, 2.75) is 20.3 Å². The molecule has 2 N–H and O–H groups in total. The maximum Gasteiger partial charge on any atom is 0.325 e. The number of carbonyl (C=O) groups is 3. The first kappa shape index (κ1) is 20.9. The van der Waals surface area contributed by atoms with E-state index in [1.807, 2.05) is 19.9 Å². The Kier molecular flexibility index (Phi) is 7.08. The Balaban J connectivity index is 1.78. The number of amides is 3. The highest BCUT2D eigenvalue weighted by atomic mass is 19.1. The molecule has 0 saturated heterocycles. The van der Waals surface area contributed by atoms with Gasteiger partial charge in [0, 0.05) is 5.69 Å². The summed E-state index contributed by atoms with van der Waals surface area (Å²) in [6.45, 7) is 3.22. The first-order valence-electron chi connectivity index (χ1n) is 8.44. The van der Waals surface area contributed by atoms with Crippen LogP contribution in [0.4, 0.5) is 14.9 Å². The van der Waals surface area contributed by atoms with Crippen LogP contribution in [0.25, 0.3) is 0 Å². The Morgan fingerprint density at radius 1 is 1.04 bits per heavy atom. The third kappa shape index (κ3) is 6.08. The van der Waals surface area contributed by atoms with Gasteiger partial charge < -0.3 is 14.8 Å². The lowest BCUT2D eigenvalue weighted by atomic mass is 10.1. The summed E-state index contributed by atoms with van der Waals surface area (Å²) >= 11 is 0. The lowest BCUT2D eigenvalue weighted by Crippen LogP contribution is -2.37. The molecule has 0 saturated carbocycles. The molecule has 3 amide bonds. The van der Waals surface area contributed by atoms with E-state index in [0.29, 0.717) is 11.3 Å². The molecular weight excluding hydrogens is 367 g/mol. The van der Waals surface area contributed by atoms with Gasteiger partial charge in [-0.15, -0.1) is 0 Å². The maximum absolute atomic E-state index is 13.6. The van der Waals surface area contributed by atoms with Crippen LogP contribution < -0.4 is 15.4 Å². The summed E-state index contributed by atoms with van der Waals surface area (Å²) in [6.07, 6.45) is -0.219. The van der Waals surface area contributed by atoms with Gasteiger partial charge in [-0.1, -0.05) is 12.1 Å². The Hall–Kier alpha value is -3.42. The number of anilines is 1. The fourth-order valence-corrected chi connectivity index (χ4v) is 2.33. The van der Waals surface area contributed by atoms with Crippen molar-refractivity contribution < 1.29 is 28.2 Å². The molecule has 0 fully saturated rings. The van der Waals surface area contributed by atoms with Crippen molar-refractivity contribution in [2.75, 3.05) is 19.0 Å². The van der Waals surface area contributed by atoms with Crippen molar-refractivity contribution in [3.63, 3.8) is 0 Å². The van der Waals surface area contributed by atoms with Crippen LogP contribution in [0.2, 0.25) is 0 Å². The normalized spacial score (nSPS) is 10.1. The van der Waals surface area contributed by atoms with E-state index in [2.05, 4.69) is 10.6 Å². The molecule has 7 nitrogen and oxygen atoms in total. The third-order valence-corrected chi connectivity index (χ3v) is 3.95. The summed E-state index contributed by atoms with van der Waals surface area (Å²) in [4.78, 5) is 35.3. The molecule has 2 aromatic carbocycles. The molecule has 28 heavy (non-hydrogen) atoms. The monoisotopic (exact) mass is 388 g/mol. The number of methoxy groups -OCH3 is 1. The van der Waals surface area contributed by atoms with Gasteiger partial charge in [0.15, 0.2) is 18.2 Å². The second-order valence-corrected chi connectivity index (χ2v) is 6.11. The summed E-state index contributed by atoms with van der Waals surface area (Å²) in [5.41, 5.74) is 2.97. The minimum atomic E-state index is -0.782. The number of benzene rings is 2. The fraction of sp³-hybridized carbons (Fsp3) is 0.250. The molecule has 2 aromatic rings. The zero-order chi connectivity index (χ0) is 20.7. The molecule has 148 valence electrons. The van der Waals surface area contributed by atoms with Crippen molar-refractivity contribution in [3.05, 3.63) is 58.9 Å². The van der Waals surface area contributed by atoms with Crippen molar-refractivity contribution in [1.29, 1.82) is 0 Å². The van der Waals surface area contributed by atoms with E-state index in [4.69, 9.17) is 9.47 Å². The van der Waals surface area contributed by atoms with Crippen LogP contribution in [0.15, 0.2) is 36.4 Å². The largest absolute Gasteiger partial charge is 0.494 e. The number of nitrogens with one attached hydrogen (secondary N) is 2. The predicted molar refractivity (Wildman–Crippen MR) is 101 cm³/mol. The minimum absolute atomic E-state index is 0.0614. The third-order valence-electron chi connectivity index (χ3n) is 3.95. The topological polar surface area (TPSA) is 93.7 Å². The molecule has 0 spiro atoms. The van der Waals surface area contributed by atoms with Crippen LogP contribution in [0, 0.1) is 19.7 Å². The maximum atomic E-state index is 13.6. The highest BCUT2D eigenvalue weighted by Crippen LogP contribution is 2.18. The molecule has 0 bridgehead atoms. The van der Waals surface area contributed by atoms with Crippen LogP contribution in [0.3, 0.4) is 0 Å². The average Bonchev–Trinajstić information content (AvgIpc) is 2.63. The second kappa shape index (κ2) is 9.50. The lowest BCUT2D eigenvalue weighted by molar-refractivity contribution is -0.147. The number of ether oxygens (including phenoxy) is 2. The molecule has 0 heterocycles. The lowest BCUT2D eigenvalue weighted by Gasteiger charge is -2.09. The van der Waals surface area contributed by atoms with Gasteiger partial charge >= 0.3 is 12.0 Å². The molecule has 0 unspecified atom stereocenters. The molecule has 0 aliphatic heterocycles. The summed E-state index contributed by atoms with van der Waals surface area (Å²) in [5, 5.41) is 4.58. The molecule has 8 heteroatoms. The Labute approximate surface area is 161 Å². The summed E-state index contributed by atoms with van der Waals surface area (Å²) in [6, 6.07) is 8.64. The standard InChI is InChI=1S/C20H21FN2O5/c1-12-4-6-15(8-13(12)2)22-20(26)23-18(24)11-28-19(25)10-14-5-7-17(27-3)16(21)9-14/h4-9H,10-11H2,1-3H3,(H2,22,23,24,26). The van der Waals surface area contributed by atoms with Gasteiger partial charge in [-0.3, -0.25) is 14.9 Å². The number of carbonyl (C=O) groups excluding carboxylic acids is 3. The average molecular weight is 388 g/mol. The zero-order valence-electron chi connectivity index (χ0n) is 15.8. The van der Waals surface area contributed by atoms with Gasteiger partial charge in [0.05, 0.1) is 13.5 Å². The van der Waals surface area contributed by atoms with Gasteiger partial charge in [0.2, 0.25) is 0 Å². The van der Waals surface area contributed by atoms with Crippen molar-refractivity contribution in [2.24, 2.45) is 0 Å². The zero-order valence-corrected chi connectivity index (χ0v) is 15.8. The number of halogens is 1. The Morgan fingerprint density at radius 3 is 2.43 bits per heavy atom. The number of urea groups is 1. The van der Waals surface area contributed by atoms with Gasteiger partial charge in [0.25, 0.3) is 5.91 Å². The molecular formula is C20H21FN2O5. The quantitative estimate of drug-likeness (QED) is 0.742. The first-order chi connectivity index (χ1) is 13.3. The fourth-order valence-electron chi connectivity index (χ4n) is 2.33. The number of hydrogen-bond donors (Lipinski definition) is 2. The van der Waals surface area contributed by atoms with Crippen LogP contribution in [0.1, 0.15) is 16.7 Å². The number of rotatable bonds is 6. The number of hydrogen-bond acceptors (Lipinski definition) is 5. The first-order valence-corrected chi connectivity index (χ1v) is 8.44. The van der Waals surface area contributed by atoms with Crippen LogP contribution in [-0.4, -0.2) is 31.6 Å².